The maximum absolute atomic E-state index is 16.6. The van der Waals surface area contributed by atoms with E-state index in [1.165, 1.54) is 42.9 Å². The van der Waals surface area contributed by atoms with Gasteiger partial charge in [0.15, 0.2) is 5.82 Å². The smallest absolute Gasteiger partial charge is 0.153 e. The highest BCUT2D eigenvalue weighted by atomic mass is 19.1. The first-order valence-electron chi connectivity index (χ1n) is 14.6. The number of nitrogens with zero attached hydrogens (tertiary/aromatic N) is 5. The van der Waals surface area contributed by atoms with Crippen molar-refractivity contribution in [2.24, 2.45) is 13.0 Å². The van der Waals surface area contributed by atoms with Crippen LogP contribution in [0, 0.1) is 30.2 Å². The van der Waals surface area contributed by atoms with E-state index in [1.807, 2.05) is 0 Å². The number of hydrogen-bond donors (Lipinski definition) is 1. The van der Waals surface area contributed by atoms with E-state index in [9.17, 15) is 9.50 Å². The molecule has 2 aromatic carbocycles. The fourth-order valence-corrected chi connectivity index (χ4v) is 5.90. The van der Waals surface area contributed by atoms with Crippen molar-refractivity contribution in [3.63, 3.8) is 0 Å². The van der Waals surface area contributed by atoms with E-state index >= 15 is 8.78 Å². The summed E-state index contributed by atoms with van der Waals surface area (Å²) < 4.78 is 78.9. The molecule has 1 fully saturated rings. The summed E-state index contributed by atoms with van der Waals surface area (Å²) in [5.41, 5.74) is -0.0995. The fourth-order valence-electron chi connectivity index (χ4n) is 5.90. The maximum Gasteiger partial charge on any atom is 0.153 e. The zero-order valence-electron chi connectivity index (χ0n) is 25.3. The minimum absolute atomic E-state index is 0.0371. The van der Waals surface area contributed by atoms with Crippen molar-refractivity contribution >= 4 is 21.9 Å². The molecule has 0 spiro atoms. The summed E-state index contributed by atoms with van der Waals surface area (Å²) in [6.45, 7) is 1.19. The number of hydrogen-bond acceptors (Lipinski definition) is 5. The van der Waals surface area contributed by atoms with Crippen LogP contribution in [0.4, 0.5) is 13.2 Å². The maximum atomic E-state index is 16.6. The number of fused-ring (bicyclic) bond motifs is 3. The first-order valence-corrected chi connectivity index (χ1v) is 13.1. The Morgan fingerprint density at radius 2 is 1.90 bits per heavy atom. The minimum atomic E-state index is -2.57. The highest BCUT2D eigenvalue weighted by Gasteiger charge is 2.34. The summed E-state index contributed by atoms with van der Waals surface area (Å²) in [5, 5.41) is 19.0. The lowest BCUT2D eigenvalue weighted by molar-refractivity contribution is 0.0547. The van der Waals surface area contributed by atoms with Gasteiger partial charge in [0.2, 0.25) is 0 Å². The molecule has 10 heteroatoms. The molecule has 1 unspecified atom stereocenters. The molecule has 0 radical (unpaired) electrons. The summed E-state index contributed by atoms with van der Waals surface area (Å²) in [4.78, 5) is 4.66. The molecule has 208 valence electrons. The van der Waals surface area contributed by atoms with Crippen LogP contribution < -0.4 is 0 Å². The van der Waals surface area contributed by atoms with E-state index in [-0.39, 0.29) is 33.9 Å². The third-order valence-corrected chi connectivity index (χ3v) is 7.77. The van der Waals surface area contributed by atoms with E-state index in [2.05, 4.69) is 15.3 Å². The summed E-state index contributed by atoms with van der Waals surface area (Å²) in [5.74, 6) is -2.46. The zero-order valence-corrected chi connectivity index (χ0v) is 22.3. The SMILES string of the molecule is [2H]C([2H])([2H])c1nnn(C)c1-c1cnc2c3ccc(C(C)(C)O)c(F)c3n(C(c3ccc(F)cc3F)C3CCOCC3)c2c1. The Kier molecular flexibility index (Phi) is 5.58. The standard InChI is InChI=1S/C30H30F3N5O2/c1-16-27(37(4)36-35-16)18-13-24-26(34-15-18)21-7-8-22(30(2,3)39)25(33)29(21)38(24)28(17-9-11-40-12-10-17)20-6-5-19(31)14-23(20)32/h5-8,13-15,17,28,39H,9-12H2,1-4H3/i1D3. The van der Waals surface area contributed by atoms with E-state index < -0.39 is 35.9 Å². The normalized spacial score (nSPS) is 17.2. The Labute approximate surface area is 233 Å². The Morgan fingerprint density at radius 3 is 2.60 bits per heavy atom. The number of aromatic nitrogens is 5. The molecule has 0 saturated carbocycles. The summed E-state index contributed by atoms with van der Waals surface area (Å²) in [6, 6.07) is 7.37. The second-order valence-electron chi connectivity index (χ2n) is 10.8. The van der Waals surface area contributed by atoms with Crippen molar-refractivity contribution in [3.8, 4) is 11.3 Å². The van der Waals surface area contributed by atoms with E-state index in [4.69, 9.17) is 8.85 Å². The van der Waals surface area contributed by atoms with Gasteiger partial charge in [-0.25, -0.2) is 17.9 Å². The molecule has 1 saturated heterocycles. The molecule has 4 heterocycles. The van der Waals surface area contributed by atoms with Crippen LogP contribution in [-0.4, -0.2) is 42.9 Å². The average Bonchev–Trinajstić information content (AvgIpc) is 3.48. The number of aliphatic hydroxyl groups is 1. The number of ether oxygens (including phenoxy) is 1. The molecule has 0 bridgehead atoms. The molecule has 1 N–H and O–H groups in total. The van der Waals surface area contributed by atoms with Gasteiger partial charge < -0.3 is 14.4 Å². The van der Waals surface area contributed by atoms with Crippen LogP contribution >= 0.6 is 0 Å². The molecular formula is C30H30F3N5O2. The lowest BCUT2D eigenvalue weighted by Gasteiger charge is -2.33. The molecule has 3 aromatic heterocycles. The average molecular weight is 553 g/mol. The van der Waals surface area contributed by atoms with Gasteiger partial charge in [0.1, 0.15) is 11.6 Å². The highest BCUT2D eigenvalue weighted by Crippen LogP contribution is 2.44. The second kappa shape index (κ2) is 9.71. The van der Waals surface area contributed by atoms with E-state index in [0.29, 0.717) is 48.0 Å². The molecule has 6 rings (SSSR count). The number of aryl methyl sites for hydroxylation is 2. The van der Waals surface area contributed by atoms with Crippen LogP contribution in [0.25, 0.3) is 33.2 Å². The van der Waals surface area contributed by atoms with Crippen LogP contribution in [0.1, 0.15) is 53.7 Å². The lowest BCUT2D eigenvalue weighted by Crippen LogP contribution is -2.28. The number of halogens is 3. The third-order valence-electron chi connectivity index (χ3n) is 7.77. The molecule has 40 heavy (non-hydrogen) atoms. The van der Waals surface area contributed by atoms with Gasteiger partial charge in [0.05, 0.1) is 39.6 Å². The van der Waals surface area contributed by atoms with Crippen LogP contribution in [0.15, 0.2) is 42.6 Å². The summed E-state index contributed by atoms with van der Waals surface area (Å²) in [7, 11) is 1.56. The fraction of sp³-hybridized carbons (Fsp3) is 0.367. The zero-order chi connectivity index (χ0) is 30.8. The van der Waals surface area contributed by atoms with Crippen LogP contribution in [0.2, 0.25) is 0 Å². The Balaban J connectivity index is 1.74. The highest BCUT2D eigenvalue weighted by molar-refractivity contribution is 6.07. The number of benzene rings is 2. The summed E-state index contributed by atoms with van der Waals surface area (Å²) in [6.07, 6.45) is 2.53. The van der Waals surface area contributed by atoms with Gasteiger partial charge in [0.25, 0.3) is 0 Å². The lowest BCUT2D eigenvalue weighted by atomic mass is 9.86. The van der Waals surface area contributed by atoms with E-state index in [1.54, 1.807) is 23.7 Å². The van der Waals surface area contributed by atoms with Gasteiger partial charge in [-0.2, -0.15) is 0 Å². The van der Waals surface area contributed by atoms with Crippen molar-refractivity contribution in [1.29, 1.82) is 0 Å². The van der Waals surface area contributed by atoms with Crippen molar-refractivity contribution < 1.29 is 27.1 Å². The number of pyridine rings is 1. The van der Waals surface area contributed by atoms with Crippen molar-refractivity contribution in [2.75, 3.05) is 13.2 Å². The molecule has 5 aromatic rings. The monoisotopic (exact) mass is 552 g/mol. The molecule has 1 aliphatic heterocycles. The van der Waals surface area contributed by atoms with Gasteiger partial charge in [-0.05, 0) is 51.6 Å². The van der Waals surface area contributed by atoms with E-state index in [0.717, 1.165) is 6.07 Å². The number of rotatable bonds is 5. The molecule has 7 nitrogen and oxygen atoms in total. The molecule has 0 amide bonds. The largest absolute Gasteiger partial charge is 0.386 e. The summed E-state index contributed by atoms with van der Waals surface area (Å²) >= 11 is 0. The topological polar surface area (TPSA) is 78.0 Å². The van der Waals surface area contributed by atoms with Gasteiger partial charge in [0, 0.05) is 58.7 Å². The Hall–Kier alpha value is -3.76. The van der Waals surface area contributed by atoms with Crippen molar-refractivity contribution in [3.05, 3.63) is 76.9 Å². The molecule has 1 aliphatic rings. The molecular weight excluding hydrogens is 519 g/mol. The van der Waals surface area contributed by atoms with Gasteiger partial charge in [-0.15, -0.1) is 5.10 Å². The third kappa shape index (κ3) is 4.26. The Bertz CT molecular complexity index is 1860. The quantitative estimate of drug-likeness (QED) is 0.291. The molecule has 1 atom stereocenters. The van der Waals surface area contributed by atoms with Gasteiger partial charge >= 0.3 is 0 Å². The predicted octanol–water partition coefficient (Wildman–Crippen LogP) is 5.95. The predicted molar refractivity (Wildman–Crippen MR) is 145 cm³/mol. The van der Waals surface area contributed by atoms with Crippen molar-refractivity contribution in [1.82, 2.24) is 24.5 Å². The Morgan fingerprint density at radius 1 is 1.12 bits per heavy atom. The second-order valence-corrected chi connectivity index (χ2v) is 10.8. The first-order chi connectivity index (χ1) is 20.3. The van der Waals surface area contributed by atoms with Crippen molar-refractivity contribution in [2.45, 2.75) is 45.2 Å². The van der Waals surface area contributed by atoms with Crippen LogP contribution in [0.3, 0.4) is 0 Å². The van der Waals surface area contributed by atoms with Crippen LogP contribution in [-0.2, 0) is 17.4 Å². The van der Waals surface area contributed by atoms with Crippen LogP contribution in [0.5, 0.6) is 0 Å². The van der Waals surface area contributed by atoms with Gasteiger partial charge in [-0.1, -0.05) is 23.4 Å². The molecule has 0 aliphatic carbocycles. The van der Waals surface area contributed by atoms with Gasteiger partial charge in [-0.3, -0.25) is 4.98 Å². The first kappa shape index (κ1) is 23.0. The minimum Gasteiger partial charge on any atom is -0.386 e.